The molecule has 4 heteroatoms. The monoisotopic (exact) mass is 273 g/mol. The molecule has 0 aromatic heterocycles. The predicted octanol–water partition coefficient (Wildman–Crippen LogP) is 4.55. The molecule has 19 heavy (non-hydrogen) atoms. The van der Waals surface area contributed by atoms with Gasteiger partial charge in [0.05, 0.1) is 0 Å². The van der Waals surface area contributed by atoms with Crippen LogP contribution in [0.15, 0.2) is 12.1 Å². The molecule has 1 aromatic rings. The third kappa shape index (κ3) is 5.64. The van der Waals surface area contributed by atoms with Gasteiger partial charge < -0.3 is 5.32 Å². The summed E-state index contributed by atoms with van der Waals surface area (Å²) < 4.78 is 39.2. The minimum atomic E-state index is -1.14. The van der Waals surface area contributed by atoms with Gasteiger partial charge in [-0.1, -0.05) is 32.6 Å². The number of hydrogen-bond acceptors (Lipinski definition) is 1. The van der Waals surface area contributed by atoms with Crippen molar-refractivity contribution in [3.63, 3.8) is 0 Å². The van der Waals surface area contributed by atoms with Crippen molar-refractivity contribution >= 4 is 0 Å². The number of rotatable bonds is 8. The second-order valence-corrected chi connectivity index (χ2v) is 4.99. The maximum atomic E-state index is 13.4. The highest BCUT2D eigenvalue weighted by Crippen LogP contribution is 2.14. The Morgan fingerprint density at radius 3 is 2.37 bits per heavy atom. The Balaban J connectivity index is 2.37. The van der Waals surface area contributed by atoms with Gasteiger partial charge in [0.2, 0.25) is 0 Å². The first kappa shape index (κ1) is 16.0. The van der Waals surface area contributed by atoms with Crippen molar-refractivity contribution in [1.82, 2.24) is 5.32 Å². The normalized spacial score (nSPS) is 12.7. The predicted molar refractivity (Wildman–Crippen MR) is 71.4 cm³/mol. The van der Waals surface area contributed by atoms with Gasteiger partial charge in [0.1, 0.15) is 5.82 Å². The van der Waals surface area contributed by atoms with Crippen LogP contribution in [0.25, 0.3) is 0 Å². The molecule has 0 fully saturated rings. The molecule has 1 aromatic carbocycles. The summed E-state index contributed by atoms with van der Waals surface area (Å²) >= 11 is 0. The standard InChI is InChI=1S/C15H22F3N/c1-3-4-5-6-7-11(2)19-10-12-8-14(17)15(18)9-13(12)16/h8-9,11,19H,3-7,10H2,1-2H3. The fourth-order valence-electron chi connectivity index (χ4n) is 1.96. The molecule has 0 aliphatic rings. The molecule has 1 N–H and O–H groups in total. The largest absolute Gasteiger partial charge is 0.310 e. The lowest BCUT2D eigenvalue weighted by molar-refractivity contribution is 0.462. The van der Waals surface area contributed by atoms with Crippen LogP contribution in [0.4, 0.5) is 13.2 Å². The topological polar surface area (TPSA) is 12.0 Å². The summed E-state index contributed by atoms with van der Waals surface area (Å²) in [6.07, 6.45) is 5.75. The molecule has 1 rings (SSSR count). The zero-order chi connectivity index (χ0) is 14.3. The Bertz CT molecular complexity index is 393. The molecule has 0 radical (unpaired) electrons. The summed E-state index contributed by atoms with van der Waals surface area (Å²) in [5, 5.41) is 3.13. The van der Waals surface area contributed by atoms with Crippen LogP contribution in [0.1, 0.15) is 51.5 Å². The lowest BCUT2D eigenvalue weighted by Gasteiger charge is -2.14. The Labute approximate surface area is 113 Å². The van der Waals surface area contributed by atoms with Crippen LogP contribution in [-0.2, 0) is 6.54 Å². The van der Waals surface area contributed by atoms with Gasteiger partial charge in [-0.25, -0.2) is 13.2 Å². The molecule has 0 heterocycles. The molecule has 0 aliphatic carbocycles. The first-order valence-electron chi connectivity index (χ1n) is 6.91. The quantitative estimate of drug-likeness (QED) is 0.541. The third-order valence-electron chi connectivity index (χ3n) is 3.22. The third-order valence-corrected chi connectivity index (χ3v) is 3.22. The van der Waals surface area contributed by atoms with E-state index >= 15 is 0 Å². The van der Waals surface area contributed by atoms with Crippen molar-refractivity contribution in [3.8, 4) is 0 Å². The van der Waals surface area contributed by atoms with E-state index in [9.17, 15) is 13.2 Å². The van der Waals surface area contributed by atoms with Gasteiger partial charge >= 0.3 is 0 Å². The average Bonchev–Trinajstić information content (AvgIpc) is 2.37. The van der Waals surface area contributed by atoms with Gasteiger partial charge in [-0.3, -0.25) is 0 Å². The number of halogens is 3. The van der Waals surface area contributed by atoms with E-state index in [1.807, 2.05) is 6.92 Å². The summed E-state index contributed by atoms with van der Waals surface area (Å²) in [6, 6.07) is 1.75. The minimum Gasteiger partial charge on any atom is -0.310 e. The Kier molecular flexibility index (Phi) is 6.92. The maximum absolute atomic E-state index is 13.4. The van der Waals surface area contributed by atoms with Crippen molar-refractivity contribution in [2.24, 2.45) is 0 Å². The van der Waals surface area contributed by atoms with Gasteiger partial charge in [-0.15, -0.1) is 0 Å². The van der Waals surface area contributed by atoms with E-state index in [2.05, 4.69) is 12.2 Å². The molecule has 0 aliphatic heterocycles. The van der Waals surface area contributed by atoms with E-state index in [1.165, 1.54) is 19.3 Å². The fourth-order valence-corrected chi connectivity index (χ4v) is 1.96. The molecular formula is C15H22F3N. The Morgan fingerprint density at radius 2 is 1.68 bits per heavy atom. The van der Waals surface area contributed by atoms with Crippen LogP contribution < -0.4 is 5.32 Å². The van der Waals surface area contributed by atoms with Crippen molar-refractivity contribution in [1.29, 1.82) is 0 Å². The van der Waals surface area contributed by atoms with Crippen LogP contribution in [0, 0.1) is 17.5 Å². The summed E-state index contributed by atoms with van der Waals surface area (Å²) in [7, 11) is 0. The zero-order valence-corrected chi connectivity index (χ0v) is 11.6. The van der Waals surface area contributed by atoms with E-state index in [-0.39, 0.29) is 18.2 Å². The smallest absolute Gasteiger partial charge is 0.161 e. The number of unbranched alkanes of at least 4 members (excludes halogenated alkanes) is 3. The summed E-state index contributed by atoms with van der Waals surface area (Å²) in [6.45, 7) is 4.40. The van der Waals surface area contributed by atoms with Gasteiger partial charge in [0.15, 0.2) is 11.6 Å². The summed E-state index contributed by atoms with van der Waals surface area (Å²) in [4.78, 5) is 0. The van der Waals surface area contributed by atoms with E-state index in [1.54, 1.807) is 0 Å². The van der Waals surface area contributed by atoms with E-state index in [0.29, 0.717) is 6.07 Å². The zero-order valence-electron chi connectivity index (χ0n) is 11.6. The minimum absolute atomic E-state index is 0.166. The molecule has 0 spiro atoms. The highest BCUT2D eigenvalue weighted by Gasteiger charge is 2.10. The molecule has 108 valence electrons. The van der Waals surface area contributed by atoms with Crippen LogP contribution >= 0.6 is 0 Å². The lowest BCUT2D eigenvalue weighted by atomic mass is 10.1. The molecule has 1 atom stereocenters. The van der Waals surface area contributed by atoms with Crippen LogP contribution in [-0.4, -0.2) is 6.04 Å². The average molecular weight is 273 g/mol. The lowest BCUT2D eigenvalue weighted by Crippen LogP contribution is -2.25. The van der Waals surface area contributed by atoms with Crippen LogP contribution in [0.5, 0.6) is 0 Å². The SMILES string of the molecule is CCCCCCC(C)NCc1cc(F)c(F)cc1F. The van der Waals surface area contributed by atoms with Gasteiger partial charge in [-0.2, -0.15) is 0 Å². The molecule has 0 saturated heterocycles. The molecular weight excluding hydrogens is 251 g/mol. The Hall–Kier alpha value is -1.03. The summed E-state index contributed by atoms with van der Waals surface area (Å²) in [5.74, 6) is -2.85. The molecule has 1 unspecified atom stereocenters. The molecule has 1 nitrogen and oxygen atoms in total. The van der Waals surface area contributed by atoms with Gasteiger partial charge in [0, 0.05) is 24.2 Å². The van der Waals surface area contributed by atoms with E-state index < -0.39 is 17.5 Å². The number of benzene rings is 1. The van der Waals surface area contributed by atoms with Crippen LogP contribution in [0.3, 0.4) is 0 Å². The molecule has 0 bridgehead atoms. The van der Waals surface area contributed by atoms with Gasteiger partial charge in [-0.05, 0) is 19.4 Å². The van der Waals surface area contributed by atoms with Crippen molar-refractivity contribution < 1.29 is 13.2 Å². The maximum Gasteiger partial charge on any atom is 0.161 e. The first-order chi connectivity index (χ1) is 9.04. The number of nitrogens with one attached hydrogen (secondary N) is 1. The highest BCUT2D eigenvalue weighted by atomic mass is 19.2. The number of hydrogen-bond donors (Lipinski definition) is 1. The fraction of sp³-hybridized carbons (Fsp3) is 0.600. The summed E-state index contributed by atoms with van der Waals surface area (Å²) in [5.41, 5.74) is 0.166. The van der Waals surface area contributed by atoms with E-state index in [0.717, 1.165) is 18.9 Å². The van der Waals surface area contributed by atoms with Gasteiger partial charge in [0.25, 0.3) is 0 Å². The van der Waals surface area contributed by atoms with Crippen molar-refractivity contribution in [2.45, 2.75) is 58.5 Å². The second-order valence-electron chi connectivity index (χ2n) is 4.99. The Morgan fingerprint density at radius 1 is 1.00 bits per heavy atom. The molecule has 0 saturated carbocycles. The van der Waals surface area contributed by atoms with Crippen LogP contribution in [0.2, 0.25) is 0 Å². The highest BCUT2D eigenvalue weighted by molar-refractivity contribution is 5.19. The first-order valence-corrected chi connectivity index (χ1v) is 6.91. The van der Waals surface area contributed by atoms with E-state index in [4.69, 9.17) is 0 Å². The second kappa shape index (κ2) is 8.20. The van der Waals surface area contributed by atoms with Crippen molar-refractivity contribution in [3.05, 3.63) is 35.1 Å². The molecule has 0 amide bonds. The van der Waals surface area contributed by atoms with Crippen molar-refractivity contribution in [2.75, 3.05) is 0 Å².